The van der Waals surface area contributed by atoms with E-state index in [4.69, 9.17) is 1.37 Å². The van der Waals surface area contributed by atoms with Crippen molar-refractivity contribution in [3.05, 3.63) is 11.6 Å². The van der Waals surface area contributed by atoms with Gasteiger partial charge in [-0.25, -0.2) is 0 Å². The van der Waals surface area contributed by atoms with E-state index in [1.165, 1.54) is 5.57 Å². The van der Waals surface area contributed by atoms with Crippen LogP contribution in [0.1, 0.15) is 34.0 Å². The van der Waals surface area contributed by atoms with Crippen LogP contribution in [0.15, 0.2) is 11.6 Å². The molecule has 0 saturated heterocycles. The summed E-state index contributed by atoms with van der Waals surface area (Å²) in [4.78, 5) is 0. The Bertz CT molecular complexity index is 105. The molecular weight excluding hydrogens is 84.1 g/mol. The summed E-state index contributed by atoms with van der Waals surface area (Å²) in [7, 11) is 0. The second-order valence-corrected chi connectivity index (χ2v) is 2.11. The normalized spacial score (nSPS) is 34.1. The number of rotatable bonds is 0. The first-order valence-electron chi connectivity index (χ1n) is 3.44. The average Bonchev–Trinajstić information content (AvgIpc) is 1.77. The van der Waals surface area contributed by atoms with E-state index in [-0.39, 0.29) is 6.40 Å². The third-order valence-electron chi connectivity index (χ3n) is 1.38. The molecule has 0 nitrogen and oxygen atoms in total. The lowest BCUT2D eigenvalue weighted by Gasteiger charge is -2.05. The van der Waals surface area contributed by atoms with Gasteiger partial charge in [0.25, 0.3) is 0 Å². The Morgan fingerprint density at radius 2 is 2.71 bits per heavy atom. The van der Waals surface area contributed by atoms with Gasteiger partial charge in [-0.2, -0.15) is 0 Å². The zero-order valence-electron chi connectivity index (χ0n) is 5.78. The van der Waals surface area contributed by atoms with Crippen molar-refractivity contribution in [2.75, 3.05) is 0 Å². The molecule has 40 valence electrons. The summed E-state index contributed by atoms with van der Waals surface area (Å²) in [5.74, 6) is 0. The molecule has 0 aromatic heterocycles. The van der Waals surface area contributed by atoms with Gasteiger partial charge in [0.15, 0.2) is 0 Å². The third kappa shape index (κ3) is 1.34. The highest BCUT2D eigenvalue weighted by Crippen LogP contribution is 2.15. The lowest BCUT2D eigenvalue weighted by Crippen LogP contribution is -1.85. The Morgan fingerprint density at radius 3 is 3.14 bits per heavy atom. The molecule has 0 bridgehead atoms. The Morgan fingerprint density at radius 1 is 1.86 bits per heavy atom. The molecule has 1 unspecified atom stereocenters. The molecule has 0 aromatic carbocycles. The van der Waals surface area contributed by atoms with E-state index in [9.17, 15) is 0 Å². The van der Waals surface area contributed by atoms with Gasteiger partial charge < -0.3 is 0 Å². The van der Waals surface area contributed by atoms with Crippen LogP contribution in [0.4, 0.5) is 0 Å². The van der Waals surface area contributed by atoms with E-state index >= 15 is 0 Å². The minimum atomic E-state index is 0.193. The summed E-state index contributed by atoms with van der Waals surface area (Å²) in [5.41, 5.74) is 1.47. The fourth-order valence-electron chi connectivity index (χ4n) is 0.834. The van der Waals surface area contributed by atoms with Crippen LogP contribution in [0.25, 0.3) is 0 Å². The lowest BCUT2D eigenvalue weighted by molar-refractivity contribution is 0.702. The summed E-state index contributed by atoms with van der Waals surface area (Å²) >= 11 is 0. The summed E-state index contributed by atoms with van der Waals surface area (Å²) in [6.07, 6.45) is 5.57. The quantitative estimate of drug-likeness (QED) is 0.407. The fourth-order valence-corrected chi connectivity index (χ4v) is 0.834. The van der Waals surface area contributed by atoms with Gasteiger partial charge >= 0.3 is 0 Å². The van der Waals surface area contributed by atoms with Gasteiger partial charge in [0.1, 0.15) is 0 Å². The topological polar surface area (TPSA) is 0 Å². The van der Waals surface area contributed by atoms with Gasteiger partial charge in [0, 0.05) is 1.37 Å². The average molecular weight is 97.2 g/mol. The largest absolute Gasteiger partial charge is 0.0856 e. The van der Waals surface area contributed by atoms with Crippen molar-refractivity contribution >= 4 is 0 Å². The van der Waals surface area contributed by atoms with Crippen LogP contribution >= 0.6 is 0 Å². The Labute approximate surface area is 46.6 Å². The molecule has 0 amide bonds. The van der Waals surface area contributed by atoms with Crippen LogP contribution < -0.4 is 0 Å². The lowest BCUT2D eigenvalue weighted by atomic mass is 10.0. The van der Waals surface area contributed by atoms with Crippen molar-refractivity contribution in [2.24, 2.45) is 0 Å². The van der Waals surface area contributed by atoms with Gasteiger partial charge in [0.2, 0.25) is 0 Å². The van der Waals surface area contributed by atoms with Crippen LogP contribution in [-0.4, -0.2) is 0 Å². The molecule has 1 aliphatic carbocycles. The molecule has 0 spiro atoms. The summed E-state index contributed by atoms with van der Waals surface area (Å²) in [6.45, 7) is 2.14. The predicted molar refractivity (Wildman–Crippen MR) is 32.2 cm³/mol. The van der Waals surface area contributed by atoms with Crippen molar-refractivity contribution in [2.45, 2.75) is 32.6 Å². The summed E-state index contributed by atoms with van der Waals surface area (Å²) < 4.78 is 7.32. The van der Waals surface area contributed by atoms with Crippen LogP contribution in [0.3, 0.4) is 0 Å². The van der Waals surface area contributed by atoms with E-state index in [0.717, 1.165) is 19.3 Å². The van der Waals surface area contributed by atoms with Crippen molar-refractivity contribution in [1.29, 1.82) is 0 Å². The van der Waals surface area contributed by atoms with Gasteiger partial charge in [-0.15, -0.1) is 0 Å². The van der Waals surface area contributed by atoms with E-state index < -0.39 is 0 Å². The van der Waals surface area contributed by atoms with Crippen molar-refractivity contribution in [3.8, 4) is 0 Å². The zero-order chi connectivity index (χ0) is 5.98. The molecule has 0 heterocycles. The monoisotopic (exact) mass is 97.1 g/mol. The molecule has 0 saturated carbocycles. The van der Waals surface area contributed by atoms with Gasteiger partial charge in [-0.05, 0) is 32.6 Å². The highest BCUT2D eigenvalue weighted by Gasteiger charge is 1.95. The molecule has 0 aromatic rings. The second-order valence-electron chi connectivity index (χ2n) is 2.11. The predicted octanol–water partition coefficient (Wildman–Crippen LogP) is 2.51. The first kappa shape index (κ1) is 3.71. The van der Waals surface area contributed by atoms with E-state index in [2.05, 4.69) is 13.0 Å². The molecule has 1 rings (SSSR count). The Balaban J connectivity index is 2.42. The van der Waals surface area contributed by atoms with Crippen molar-refractivity contribution < 1.29 is 1.37 Å². The minimum absolute atomic E-state index is 0.193. The third-order valence-corrected chi connectivity index (χ3v) is 1.38. The van der Waals surface area contributed by atoms with Crippen molar-refractivity contribution in [1.82, 2.24) is 0 Å². The summed E-state index contributed by atoms with van der Waals surface area (Å²) in [6, 6.07) is 0. The Kier molecular flexibility index (Phi) is 1.14. The molecule has 1 atom stereocenters. The van der Waals surface area contributed by atoms with E-state index in [1.807, 2.05) is 0 Å². The second kappa shape index (κ2) is 2.15. The van der Waals surface area contributed by atoms with Crippen LogP contribution in [0, 0.1) is 0 Å². The molecule has 7 heavy (non-hydrogen) atoms. The van der Waals surface area contributed by atoms with Crippen LogP contribution in [0.2, 0.25) is 0 Å². The zero-order valence-corrected chi connectivity index (χ0v) is 4.78. The highest BCUT2D eigenvalue weighted by molar-refractivity contribution is 5.00. The van der Waals surface area contributed by atoms with Gasteiger partial charge in [-0.1, -0.05) is 11.6 Å². The fraction of sp³-hybridized carbons (Fsp3) is 0.714. The standard InChI is InChI=1S/C7H12/c1-7-5-3-2-4-6-7/h5H,2-4,6H2,1H3/i2D. The number of hydrogen-bond acceptors (Lipinski definition) is 0. The van der Waals surface area contributed by atoms with Crippen LogP contribution in [0.5, 0.6) is 0 Å². The first-order chi connectivity index (χ1) is 3.79. The molecule has 0 N–H and O–H groups in total. The van der Waals surface area contributed by atoms with Gasteiger partial charge in [0.05, 0.1) is 0 Å². The maximum atomic E-state index is 7.32. The molecule has 1 aliphatic rings. The molecular formula is C7H12. The van der Waals surface area contributed by atoms with Crippen LogP contribution in [-0.2, 0) is 0 Å². The summed E-state index contributed by atoms with van der Waals surface area (Å²) in [5, 5.41) is 0. The molecule has 0 aliphatic heterocycles. The van der Waals surface area contributed by atoms with E-state index in [1.54, 1.807) is 0 Å². The maximum Gasteiger partial charge on any atom is 0.0270 e. The number of allylic oxidation sites excluding steroid dienone is 2. The van der Waals surface area contributed by atoms with Crippen molar-refractivity contribution in [3.63, 3.8) is 0 Å². The number of hydrogen-bond donors (Lipinski definition) is 0. The Hall–Kier alpha value is -0.260. The molecule has 0 radical (unpaired) electrons. The molecule has 0 fully saturated rings. The van der Waals surface area contributed by atoms with E-state index in [0.29, 0.717) is 0 Å². The van der Waals surface area contributed by atoms with Gasteiger partial charge in [-0.3, -0.25) is 0 Å². The SMILES string of the molecule is [2H]C1CC=C(C)CC1. The maximum absolute atomic E-state index is 7.32. The molecule has 0 heteroatoms. The highest BCUT2D eigenvalue weighted by atomic mass is 14.0. The minimum Gasteiger partial charge on any atom is -0.0856 e. The first-order valence-corrected chi connectivity index (χ1v) is 2.87. The smallest absolute Gasteiger partial charge is 0.0270 e.